The number of aliphatic hydroxyl groups is 1. The maximum absolute atomic E-state index is 12.7. The Morgan fingerprint density at radius 2 is 2.04 bits per heavy atom. The Morgan fingerprint density at radius 3 is 2.85 bits per heavy atom. The van der Waals surface area contributed by atoms with Gasteiger partial charge in [-0.2, -0.15) is 0 Å². The van der Waals surface area contributed by atoms with Crippen LogP contribution in [0.2, 0.25) is 0 Å². The van der Waals surface area contributed by atoms with Gasteiger partial charge >= 0.3 is 0 Å². The van der Waals surface area contributed by atoms with Crippen molar-refractivity contribution in [2.24, 2.45) is 5.92 Å². The van der Waals surface area contributed by atoms with Crippen LogP contribution < -0.4 is 10.1 Å². The number of nitrogens with one attached hydrogen (secondary N) is 1. The molecule has 4 atom stereocenters. The van der Waals surface area contributed by atoms with Crippen LogP contribution in [0.15, 0.2) is 30.3 Å². The van der Waals surface area contributed by atoms with E-state index in [0.717, 1.165) is 42.6 Å². The summed E-state index contributed by atoms with van der Waals surface area (Å²) in [4.78, 5) is 15.2. The molecule has 1 heterocycles. The van der Waals surface area contributed by atoms with Crippen LogP contribution in [0.4, 0.5) is 0 Å². The fourth-order valence-electron chi connectivity index (χ4n) is 4.25. The Morgan fingerprint density at radius 1 is 1.22 bits per heavy atom. The van der Waals surface area contributed by atoms with Crippen molar-refractivity contribution < 1.29 is 14.6 Å². The first kappa shape index (κ1) is 18.7. The standard InChI is InChI=1S/C22H27NO3S/c1-13-5-3-4-6-18(13)26-19-9-8-17(22(19)25)23-12-15-7-10-20-16(21(15)24)11-14(2)27-20/h3-6,11,15,17,19,22-23,25H,7-10,12H2,1-2H3/t15?,17-,19+,22-/m1/s1. The number of hydrogen-bond donors (Lipinski definition) is 2. The number of carbonyl (C=O) groups excluding carboxylic acids is 1. The number of Topliss-reactive ketones (excluding diaryl/α,β-unsaturated/α-hetero) is 1. The second-order valence-electron chi connectivity index (χ2n) is 7.80. The highest BCUT2D eigenvalue weighted by atomic mass is 32.1. The zero-order valence-electron chi connectivity index (χ0n) is 15.9. The summed E-state index contributed by atoms with van der Waals surface area (Å²) < 4.78 is 6.06. The van der Waals surface area contributed by atoms with Gasteiger partial charge in [0.1, 0.15) is 18.0 Å². The summed E-state index contributed by atoms with van der Waals surface area (Å²) in [6.07, 6.45) is 2.81. The van der Waals surface area contributed by atoms with Crippen LogP contribution in [0.25, 0.3) is 0 Å². The van der Waals surface area contributed by atoms with Crippen molar-refractivity contribution >= 4 is 17.1 Å². The molecule has 0 radical (unpaired) electrons. The summed E-state index contributed by atoms with van der Waals surface area (Å²) >= 11 is 1.74. The summed E-state index contributed by atoms with van der Waals surface area (Å²) in [5.74, 6) is 1.10. The van der Waals surface area contributed by atoms with Gasteiger partial charge in [-0.05, 0) is 57.2 Å². The fraction of sp³-hybridized carbons (Fsp3) is 0.500. The van der Waals surface area contributed by atoms with Gasteiger partial charge in [0.2, 0.25) is 0 Å². The summed E-state index contributed by atoms with van der Waals surface area (Å²) in [5, 5.41) is 14.1. The number of aliphatic hydroxyl groups excluding tert-OH is 1. The molecule has 2 aliphatic carbocycles. The number of carbonyl (C=O) groups is 1. The summed E-state index contributed by atoms with van der Waals surface area (Å²) in [6.45, 7) is 4.71. The van der Waals surface area contributed by atoms with Gasteiger partial charge in [0, 0.05) is 33.8 Å². The zero-order chi connectivity index (χ0) is 19.0. The molecule has 1 aromatic carbocycles. The number of thiophene rings is 1. The number of benzene rings is 1. The van der Waals surface area contributed by atoms with Crippen LogP contribution in [0, 0.1) is 19.8 Å². The van der Waals surface area contributed by atoms with Crippen LogP contribution in [0.3, 0.4) is 0 Å². The van der Waals surface area contributed by atoms with Crippen molar-refractivity contribution in [3.63, 3.8) is 0 Å². The molecule has 1 unspecified atom stereocenters. The molecule has 1 saturated carbocycles. The quantitative estimate of drug-likeness (QED) is 0.824. The lowest BCUT2D eigenvalue weighted by Gasteiger charge is -2.26. The molecular formula is C22H27NO3S. The van der Waals surface area contributed by atoms with Crippen LogP contribution in [0.5, 0.6) is 5.75 Å². The molecule has 2 aromatic rings. The first-order valence-electron chi connectivity index (χ1n) is 9.80. The van der Waals surface area contributed by atoms with Gasteiger partial charge in [-0.3, -0.25) is 4.79 Å². The Bertz CT molecular complexity index is 831. The van der Waals surface area contributed by atoms with Gasteiger partial charge in [0.05, 0.1) is 0 Å². The van der Waals surface area contributed by atoms with E-state index < -0.39 is 6.10 Å². The topological polar surface area (TPSA) is 58.6 Å². The Balaban J connectivity index is 1.33. The molecule has 0 aliphatic heterocycles. The van der Waals surface area contributed by atoms with Gasteiger partial charge < -0.3 is 15.2 Å². The molecule has 1 aromatic heterocycles. The third kappa shape index (κ3) is 3.82. The van der Waals surface area contributed by atoms with Gasteiger partial charge in [-0.25, -0.2) is 0 Å². The number of ketones is 1. The predicted octanol–water partition coefficient (Wildman–Crippen LogP) is 3.67. The smallest absolute Gasteiger partial charge is 0.168 e. The maximum Gasteiger partial charge on any atom is 0.168 e. The molecule has 0 bridgehead atoms. The monoisotopic (exact) mass is 385 g/mol. The highest BCUT2D eigenvalue weighted by molar-refractivity contribution is 7.12. The van der Waals surface area contributed by atoms with Crippen molar-refractivity contribution in [3.8, 4) is 5.75 Å². The number of hydrogen-bond acceptors (Lipinski definition) is 5. The van der Waals surface area contributed by atoms with Crippen LogP contribution in [0.1, 0.15) is 44.9 Å². The summed E-state index contributed by atoms with van der Waals surface area (Å²) in [6, 6.07) is 9.92. The van der Waals surface area contributed by atoms with E-state index in [1.165, 1.54) is 9.75 Å². The third-order valence-corrected chi connectivity index (χ3v) is 6.95. The first-order valence-corrected chi connectivity index (χ1v) is 10.6. The molecule has 2 aliphatic rings. The predicted molar refractivity (Wildman–Crippen MR) is 108 cm³/mol. The van der Waals surface area contributed by atoms with E-state index in [9.17, 15) is 9.90 Å². The van der Waals surface area contributed by atoms with Crippen LogP contribution in [-0.2, 0) is 6.42 Å². The Hall–Kier alpha value is -1.69. The largest absolute Gasteiger partial charge is 0.487 e. The number of aryl methyl sites for hydroxylation is 3. The lowest BCUT2D eigenvalue weighted by molar-refractivity contribution is 0.0438. The summed E-state index contributed by atoms with van der Waals surface area (Å²) in [7, 11) is 0. The third-order valence-electron chi connectivity index (χ3n) is 5.84. The van der Waals surface area contributed by atoms with Crippen molar-refractivity contribution in [2.75, 3.05) is 6.54 Å². The normalized spacial score (nSPS) is 27.6. The molecule has 1 fully saturated rings. The average molecular weight is 386 g/mol. The van der Waals surface area contributed by atoms with E-state index >= 15 is 0 Å². The number of para-hydroxylation sites is 1. The Labute approximate surface area is 164 Å². The summed E-state index contributed by atoms with van der Waals surface area (Å²) in [5.41, 5.74) is 2.00. The molecular weight excluding hydrogens is 358 g/mol. The molecule has 0 saturated heterocycles. The zero-order valence-corrected chi connectivity index (χ0v) is 16.7. The van der Waals surface area contributed by atoms with E-state index in [0.29, 0.717) is 6.54 Å². The molecule has 144 valence electrons. The van der Waals surface area contributed by atoms with Crippen molar-refractivity contribution in [3.05, 3.63) is 51.2 Å². The SMILES string of the molecule is Cc1cc2c(s1)CCC(CN[C@@H]1CC[C@H](Oc3ccccc3C)[C@@H]1O)C2=O. The van der Waals surface area contributed by atoms with E-state index in [1.807, 2.05) is 37.3 Å². The Kier molecular flexibility index (Phi) is 5.35. The van der Waals surface area contributed by atoms with E-state index in [2.05, 4.69) is 12.2 Å². The number of fused-ring (bicyclic) bond motifs is 1. The number of rotatable bonds is 5. The fourth-order valence-corrected chi connectivity index (χ4v) is 5.30. The van der Waals surface area contributed by atoms with Crippen molar-refractivity contribution in [1.82, 2.24) is 5.32 Å². The lowest BCUT2D eigenvalue weighted by atomic mass is 9.87. The minimum Gasteiger partial charge on any atom is -0.487 e. The van der Waals surface area contributed by atoms with Gasteiger partial charge in [0.25, 0.3) is 0 Å². The minimum absolute atomic E-state index is 0.00929. The van der Waals surface area contributed by atoms with E-state index in [4.69, 9.17) is 4.74 Å². The highest BCUT2D eigenvalue weighted by Crippen LogP contribution is 2.32. The van der Waals surface area contributed by atoms with E-state index in [1.54, 1.807) is 11.3 Å². The molecule has 0 spiro atoms. The minimum atomic E-state index is -0.553. The molecule has 2 N–H and O–H groups in total. The first-order chi connectivity index (χ1) is 13.0. The van der Waals surface area contributed by atoms with Gasteiger partial charge in [-0.15, -0.1) is 11.3 Å². The molecule has 5 heteroatoms. The van der Waals surface area contributed by atoms with E-state index in [-0.39, 0.29) is 23.8 Å². The van der Waals surface area contributed by atoms with Crippen molar-refractivity contribution in [2.45, 2.75) is 57.8 Å². The van der Waals surface area contributed by atoms with Gasteiger partial charge in [-0.1, -0.05) is 18.2 Å². The molecule has 0 amide bonds. The van der Waals surface area contributed by atoms with Crippen LogP contribution in [-0.4, -0.2) is 35.7 Å². The second kappa shape index (κ2) is 7.74. The molecule has 27 heavy (non-hydrogen) atoms. The lowest BCUT2D eigenvalue weighted by Crippen LogP contribution is -2.44. The van der Waals surface area contributed by atoms with Gasteiger partial charge in [0.15, 0.2) is 5.78 Å². The molecule has 4 nitrogen and oxygen atoms in total. The highest BCUT2D eigenvalue weighted by Gasteiger charge is 2.37. The molecule has 4 rings (SSSR count). The second-order valence-corrected chi connectivity index (χ2v) is 9.14. The number of ether oxygens (including phenoxy) is 1. The average Bonchev–Trinajstić information content (AvgIpc) is 3.20. The van der Waals surface area contributed by atoms with Crippen LogP contribution >= 0.6 is 11.3 Å². The maximum atomic E-state index is 12.7. The van der Waals surface area contributed by atoms with Crippen molar-refractivity contribution in [1.29, 1.82) is 0 Å².